The Labute approximate surface area is 147 Å². The lowest BCUT2D eigenvalue weighted by atomic mass is 9.95. The third kappa shape index (κ3) is 4.46. The van der Waals surface area contributed by atoms with Gasteiger partial charge in [-0.25, -0.2) is 0 Å². The van der Waals surface area contributed by atoms with Crippen LogP contribution in [0.1, 0.15) is 69.9 Å². The van der Waals surface area contributed by atoms with Crippen LogP contribution in [0, 0.1) is 6.92 Å². The van der Waals surface area contributed by atoms with Crippen molar-refractivity contribution in [2.24, 2.45) is 0 Å². The summed E-state index contributed by atoms with van der Waals surface area (Å²) in [5.41, 5.74) is 3.77. The van der Waals surface area contributed by atoms with Crippen LogP contribution in [0.4, 0.5) is 0 Å². The van der Waals surface area contributed by atoms with Gasteiger partial charge in [0.05, 0.1) is 6.04 Å². The van der Waals surface area contributed by atoms with Crippen LogP contribution in [-0.4, -0.2) is 10.6 Å². The van der Waals surface area contributed by atoms with Gasteiger partial charge >= 0.3 is 0 Å². The van der Waals surface area contributed by atoms with Crippen molar-refractivity contribution < 1.29 is 4.84 Å². The summed E-state index contributed by atoms with van der Waals surface area (Å²) in [4.78, 5) is 6.50. The molecule has 0 amide bonds. The summed E-state index contributed by atoms with van der Waals surface area (Å²) in [7, 11) is 0. The first-order valence-corrected chi connectivity index (χ1v) is 8.91. The molecule has 0 aliphatic carbocycles. The zero-order valence-electron chi connectivity index (χ0n) is 15.9. The van der Waals surface area contributed by atoms with Crippen molar-refractivity contribution in [2.45, 2.75) is 65.6 Å². The predicted molar refractivity (Wildman–Crippen MR) is 102 cm³/mol. The van der Waals surface area contributed by atoms with Crippen molar-refractivity contribution in [3.05, 3.63) is 71.3 Å². The Kier molecular flexibility index (Phi) is 6.20. The molecule has 0 N–H and O–H groups in total. The molecule has 0 heterocycles. The van der Waals surface area contributed by atoms with Gasteiger partial charge in [0, 0.05) is 5.54 Å². The molecule has 2 nitrogen and oxygen atoms in total. The third-order valence-electron chi connectivity index (χ3n) is 4.42. The number of hydrogen-bond donors (Lipinski definition) is 0. The van der Waals surface area contributed by atoms with E-state index in [-0.39, 0.29) is 17.7 Å². The Morgan fingerprint density at radius 1 is 0.958 bits per heavy atom. The maximum Gasteiger partial charge on any atom is 0.102 e. The SMILES string of the molecule is CCC(c1ccccc1C)N(OC(C)c1ccccc1)C(C)(C)C. The van der Waals surface area contributed by atoms with E-state index < -0.39 is 0 Å². The standard InChI is InChI=1S/C22H31NO/c1-7-21(20-16-12-11-13-17(20)2)23(22(4,5)6)24-18(3)19-14-9-8-10-15-19/h8-16,18,21H,7H2,1-6H3. The minimum atomic E-state index is -0.0913. The Bertz CT molecular complexity index is 630. The number of aryl methyl sites for hydroxylation is 1. The first kappa shape index (κ1) is 18.7. The Morgan fingerprint density at radius 3 is 2.08 bits per heavy atom. The van der Waals surface area contributed by atoms with E-state index in [4.69, 9.17) is 4.84 Å². The van der Waals surface area contributed by atoms with Crippen molar-refractivity contribution in [1.29, 1.82) is 0 Å². The zero-order valence-corrected chi connectivity index (χ0v) is 15.9. The highest BCUT2D eigenvalue weighted by Crippen LogP contribution is 2.35. The Morgan fingerprint density at radius 2 is 1.54 bits per heavy atom. The molecule has 0 aromatic heterocycles. The molecule has 0 saturated carbocycles. The molecular formula is C22H31NO. The molecule has 2 rings (SSSR count). The summed E-state index contributed by atoms with van der Waals surface area (Å²) in [6, 6.07) is 19.3. The van der Waals surface area contributed by atoms with E-state index in [1.165, 1.54) is 16.7 Å². The lowest BCUT2D eigenvalue weighted by Gasteiger charge is -2.42. The predicted octanol–water partition coefficient (Wildman–Crippen LogP) is 6.24. The second kappa shape index (κ2) is 7.96. The van der Waals surface area contributed by atoms with Crippen molar-refractivity contribution in [3.63, 3.8) is 0 Å². The van der Waals surface area contributed by atoms with Crippen LogP contribution in [0.15, 0.2) is 54.6 Å². The van der Waals surface area contributed by atoms with E-state index in [1.807, 2.05) is 6.07 Å². The molecule has 0 aliphatic heterocycles. The third-order valence-corrected chi connectivity index (χ3v) is 4.42. The highest BCUT2D eigenvalue weighted by atomic mass is 16.7. The molecule has 0 bridgehead atoms. The molecule has 24 heavy (non-hydrogen) atoms. The van der Waals surface area contributed by atoms with E-state index in [0.29, 0.717) is 0 Å². The van der Waals surface area contributed by atoms with Gasteiger partial charge in [-0.05, 0) is 57.7 Å². The molecule has 2 aromatic carbocycles. The van der Waals surface area contributed by atoms with Gasteiger partial charge in [0.15, 0.2) is 0 Å². The number of rotatable bonds is 6. The maximum atomic E-state index is 6.50. The normalized spacial score (nSPS) is 14.6. The molecule has 2 unspecified atom stereocenters. The van der Waals surface area contributed by atoms with Gasteiger partial charge < -0.3 is 0 Å². The van der Waals surface area contributed by atoms with Crippen LogP contribution >= 0.6 is 0 Å². The summed E-state index contributed by atoms with van der Waals surface area (Å²) in [6.07, 6.45) is 1.02. The quantitative estimate of drug-likeness (QED) is 0.583. The molecule has 0 spiro atoms. The smallest absolute Gasteiger partial charge is 0.102 e. The minimum absolute atomic E-state index is 0.0171. The molecule has 130 valence electrons. The molecule has 0 fully saturated rings. The van der Waals surface area contributed by atoms with Gasteiger partial charge in [-0.2, -0.15) is 5.06 Å². The van der Waals surface area contributed by atoms with Gasteiger partial charge in [0.25, 0.3) is 0 Å². The lowest BCUT2D eigenvalue weighted by molar-refractivity contribution is -0.266. The van der Waals surface area contributed by atoms with Crippen molar-refractivity contribution >= 4 is 0 Å². The van der Waals surface area contributed by atoms with E-state index in [9.17, 15) is 0 Å². The van der Waals surface area contributed by atoms with Crippen molar-refractivity contribution in [1.82, 2.24) is 5.06 Å². The Hall–Kier alpha value is -1.64. The summed E-state index contributed by atoms with van der Waals surface area (Å²) in [5.74, 6) is 0. The second-order valence-electron chi connectivity index (χ2n) is 7.44. The van der Waals surface area contributed by atoms with E-state index >= 15 is 0 Å². The monoisotopic (exact) mass is 325 g/mol. The van der Waals surface area contributed by atoms with Gasteiger partial charge in [0.2, 0.25) is 0 Å². The van der Waals surface area contributed by atoms with Crippen LogP contribution in [0.25, 0.3) is 0 Å². The van der Waals surface area contributed by atoms with Crippen LogP contribution < -0.4 is 0 Å². The van der Waals surface area contributed by atoms with Gasteiger partial charge in [-0.3, -0.25) is 4.84 Å². The van der Waals surface area contributed by atoms with Crippen LogP contribution in [0.3, 0.4) is 0 Å². The molecule has 0 radical (unpaired) electrons. The fourth-order valence-electron chi connectivity index (χ4n) is 3.13. The van der Waals surface area contributed by atoms with Crippen molar-refractivity contribution in [2.75, 3.05) is 0 Å². The average molecular weight is 325 g/mol. The second-order valence-corrected chi connectivity index (χ2v) is 7.44. The molecule has 2 atom stereocenters. The summed E-state index contributed by atoms with van der Waals surface area (Å²) in [5, 5.41) is 2.19. The zero-order chi connectivity index (χ0) is 17.7. The largest absolute Gasteiger partial charge is 0.290 e. The number of nitrogens with zero attached hydrogens (tertiary/aromatic N) is 1. The highest BCUT2D eigenvalue weighted by molar-refractivity contribution is 5.29. The number of hydrogen-bond acceptors (Lipinski definition) is 2. The fourth-order valence-corrected chi connectivity index (χ4v) is 3.13. The van der Waals surface area contributed by atoms with Gasteiger partial charge in [0.1, 0.15) is 6.10 Å². The molecule has 0 aliphatic rings. The molecular weight excluding hydrogens is 294 g/mol. The topological polar surface area (TPSA) is 12.5 Å². The first-order valence-electron chi connectivity index (χ1n) is 8.91. The van der Waals surface area contributed by atoms with Crippen LogP contribution in [-0.2, 0) is 4.84 Å². The summed E-state index contributed by atoms with van der Waals surface area (Å²) in [6.45, 7) is 13.2. The van der Waals surface area contributed by atoms with Crippen LogP contribution in [0.5, 0.6) is 0 Å². The number of benzene rings is 2. The molecule has 2 aromatic rings. The minimum Gasteiger partial charge on any atom is -0.290 e. The van der Waals surface area contributed by atoms with Gasteiger partial charge in [-0.15, -0.1) is 0 Å². The maximum absolute atomic E-state index is 6.50. The molecule has 0 saturated heterocycles. The molecule has 2 heteroatoms. The van der Waals surface area contributed by atoms with E-state index in [1.54, 1.807) is 0 Å². The lowest BCUT2D eigenvalue weighted by Crippen LogP contribution is -2.44. The van der Waals surface area contributed by atoms with Crippen molar-refractivity contribution in [3.8, 4) is 0 Å². The van der Waals surface area contributed by atoms with E-state index in [0.717, 1.165) is 6.42 Å². The van der Waals surface area contributed by atoms with E-state index in [2.05, 4.69) is 95.1 Å². The average Bonchev–Trinajstić information content (AvgIpc) is 2.56. The number of hydroxylamine groups is 2. The summed E-state index contributed by atoms with van der Waals surface area (Å²) < 4.78 is 0. The first-order chi connectivity index (χ1) is 11.3. The van der Waals surface area contributed by atoms with Crippen LogP contribution in [0.2, 0.25) is 0 Å². The Balaban J connectivity index is 2.32. The summed E-state index contributed by atoms with van der Waals surface area (Å²) >= 11 is 0. The van der Waals surface area contributed by atoms with Gasteiger partial charge in [-0.1, -0.05) is 61.5 Å². The fraction of sp³-hybridized carbons (Fsp3) is 0.455. The highest BCUT2D eigenvalue weighted by Gasteiger charge is 2.32.